The lowest BCUT2D eigenvalue weighted by atomic mass is 9.85. The van der Waals surface area contributed by atoms with E-state index >= 15 is 0 Å². The highest BCUT2D eigenvalue weighted by molar-refractivity contribution is 5.23. The molecule has 2 atom stereocenters. The lowest BCUT2D eigenvalue weighted by molar-refractivity contribution is 0.160. The Morgan fingerprint density at radius 2 is 1.52 bits per heavy atom. The number of nitrogens with zero attached hydrogens (tertiary/aromatic N) is 1. The van der Waals surface area contributed by atoms with Crippen molar-refractivity contribution in [3.8, 4) is 0 Å². The van der Waals surface area contributed by atoms with Gasteiger partial charge in [-0.3, -0.25) is 4.90 Å². The van der Waals surface area contributed by atoms with Gasteiger partial charge in [0, 0.05) is 37.6 Å². The summed E-state index contributed by atoms with van der Waals surface area (Å²) in [5.74, 6) is 0.597. The zero-order chi connectivity index (χ0) is 16.9. The first-order valence-electron chi connectivity index (χ1n) is 9.96. The van der Waals surface area contributed by atoms with Gasteiger partial charge in [0.05, 0.1) is 0 Å². The molecule has 1 aliphatic heterocycles. The Morgan fingerprint density at radius 1 is 0.840 bits per heavy atom. The van der Waals surface area contributed by atoms with Crippen LogP contribution in [0.5, 0.6) is 0 Å². The lowest BCUT2D eigenvalue weighted by Crippen LogP contribution is -2.50. The molecule has 1 heterocycles. The fraction of sp³-hybridized carbons (Fsp3) is 0.478. The lowest BCUT2D eigenvalue weighted by Gasteiger charge is -2.40. The molecule has 0 spiro atoms. The zero-order valence-corrected chi connectivity index (χ0v) is 15.1. The van der Waals surface area contributed by atoms with Crippen molar-refractivity contribution in [2.45, 2.75) is 56.7 Å². The fourth-order valence-corrected chi connectivity index (χ4v) is 4.64. The van der Waals surface area contributed by atoms with Crippen molar-refractivity contribution in [3.63, 3.8) is 0 Å². The Labute approximate surface area is 152 Å². The van der Waals surface area contributed by atoms with Crippen LogP contribution in [0.4, 0.5) is 0 Å². The smallest absolute Gasteiger partial charge is 0.0234 e. The highest BCUT2D eigenvalue weighted by atomic mass is 15.2. The van der Waals surface area contributed by atoms with E-state index in [4.69, 9.17) is 0 Å². The molecule has 1 saturated carbocycles. The Balaban J connectivity index is 1.47. The van der Waals surface area contributed by atoms with Gasteiger partial charge < -0.3 is 5.32 Å². The standard InChI is InChI=1S/C23H30N2/c1-3-9-19(10-4-1)17-25-16-15-23(24-21-13-7-8-14-21)22(18-25)20-11-5-2-6-12-20/h1-6,9-12,21-24H,7-8,13-18H2/t22-,23-/m1/s1. The van der Waals surface area contributed by atoms with Gasteiger partial charge in [-0.15, -0.1) is 0 Å². The van der Waals surface area contributed by atoms with Gasteiger partial charge in [-0.05, 0) is 30.4 Å². The van der Waals surface area contributed by atoms with E-state index in [1.807, 2.05) is 0 Å². The third-order valence-electron chi connectivity index (χ3n) is 5.98. The molecule has 0 amide bonds. The van der Waals surface area contributed by atoms with Crippen LogP contribution in [0, 0.1) is 0 Å². The van der Waals surface area contributed by atoms with Crippen molar-refractivity contribution in [3.05, 3.63) is 71.8 Å². The summed E-state index contributed by atoms with van der Waals surface area (Å²) in [5, 5.41) is 4.02. The van der Waals surface area contributed by atoms with Crippen LogP contribution >= 0.6 is 0 Å². The first-order valence-corrected chi connectivity index (χ1v) is 9.96. The quantitative estimate of drug-likeness (QED) is 0.861. The van der Waals surface area contributed by atoms with E-state index < -0.39 is 0 Å². The van der Waals surface area contributed by atoms with Gasteiger partial charge >= 0.3 is 0 Å². The molecule has 2 aromatic rings. The number of piperidine rings is 1. The summed E-state index contributed by atoms with van der Waals surface area (Å²) in [6, 6.07) is 23.4. The van der Waals surface area contributed by atoms with E-state index in [-0.39, 0.29) is 0 Å². The molecule has 4 rings (SSSR count). The summed E-state index contributed by atoms with van der Waals surface area (Å²) in [7, 11) is 0. The van der Waals surface area contributed by atoms with Gasteiger partial charge in [-0.1, -0.05) is 73.5 Å². The Bertz CT molecular complexity index is 634. The third-order valence-corrected chi connectivity index (χ3v) is 5.98. The summed E-state index contributed by atoms with van der Waals surface area (Å²) in [5.41, 5.74) is 2.92. The summed E-state index contributed by atoms with van der Waals surface area (Å²) in [4.78, 5) is 2.64. The third kappa shape index (κ3) is 4.31. The van der Waals surface area contributed by atoms with Crippen LogP contribution in [0.25, 0.3) is 0 Å². The Morgan fingerprint density at radius 3 is 2.24 bits per heavy atom. The van der Waals surface area contributed by atoms with Crippen LogP contribution in [-0.2, 0) is 6.54 Å². The van der Waals surface area contributed by atoms with Crippen molar-refractivity contribution < 1.29 is 0 Å². The molecule has 2 nitrogen and oxygen atoms in total. The van der Waals surface area contributed by atoms with E-state index in [0.29, 0.717) is 12.0 Å². The maximum atomic E-state index is 4.02. The maximum absolute atomic E-state index is 4.02. The van der Waals surface area contributed by atoms with Crippen LogP contribution in [0.1, 0.15) is 49.1 Å². The minimum atomic E-state index is 0.597. The topological polar surface area (TPSA) is 15.3 Å². The monoisotopic (exact) mass is 334 g/mol. The second kappa shape index (κ2) is 8.16. The zero-order valence-electron chi connectivity index (χ0n) is 15.1. The highest BCUT2D eigenvalue weighted by Crippen LogP contribution is 2.30. The van der Waals surface area contributed by atoms with Crippen LogP contribution in [0.2, 0.25) is 0 Å². The molecule has 0 radical (unpaired) electrons. The van der Waals surface area contributed by atoms with Gasteiger partial charge in [-0.2, -0.15) is 0 Å². The number of rotatable bonds is 5. The van der Waals surface area contributed by atoms with Crippen molar-refractivity contribution in [2.75, 3.05) is 13.1 Å². The normalized spacial score (nSPS) is 25.3. The van der Waals surface area contributed by atoms with Crippen LogP contribution < -0.4 is 5.32 Å². The van der Waals surface area contributed by atoms with Crippen LogP contribution in [0.15, 0.2) is 60.7 Å². The highest BCUT2D eigenvalue weighted by Gasteiger charge is 2.32. The molecule has 2 aliphatic rings. The van der Waals surface area contributed by atoms with Crippen LogP contribution in [0.3, 0.4) is 0 Å². The van der Waals surface area contributed by atoms with Crippen molar-refractivity contribution in [1.82, 2.24) is 10.2 Å². The summed E-state index contributed by atoms with van der Waals surface area (Å²) < 4.78 is 0. The predicted molar refractivity (Wildman–Crippen MR) is 105 cm³/mol. The van der Waals surface area contributed by atoms with E-state index in [2.05, 4.69) is 70.9 Å². The summed E-state index contributed by atoms with van der Waals surface area (Å²) in [6.07, 6.45) is 6.79. The number of hydrogen-bond donors (Lipinski definition) is 1. The number of nitrogens with one attached hydrogen (secondary N) is 1. The van der Waals surface area contributed by atoms with Crippen molar-refractivity contribution in [2.24, 2.45) is 0 Å². The fourth-order valence-electron chi connectivity index (χ4n) is 4.64. The minimum absolute atomic E-state index is 0.597. The molecule has 25 heavy (non-hydrogen) atoms. The molecule has 0 bridgehead atoms. The molecule has 0 aromatic heterocycles. The molecule has 2 heteroatoms. The molecule has 1 saturated heterocycles. The first-order chi connectivity index (χ1) is 12.4. The maximum Gasteiger partial charge on any atom is 0.0234 e. The second-order valence-electron chi connectivity index (χ2n) is 7.78. The molecule has 1 N–H and O–H groups in total. The van der Waals surface area contributed by atoms with Gasteiger partial charge in [-0.25, -0.2) is 0 Å². The molecule has 0 unspecified atom stereocenters. The average Bonchev–Trinajstić information content (AvgIpc) is 3.18. The molecule has 132 valence electrons. The van der Waals surface area contributed by atoms with Gasteiger partial charge in [0.15, 0.2) is 0 Å². The Hall–Kier alpha value is -1.64. The van der Waals surface area contributed by atoms with E-state index in [0.717, 1.165) is 19.1 Å². The van der Waals surface area contributed by atoms with Gasteiger partial charge in [0.2, 0.25) is 0 Å². The number of likely N-dealkylation sites (tertiary alicyclic amines) is 1. The van der Waals surface area contributed by atoms with Crippen LogP contribution in [-0.4, -0.2) is 30.1 Å². The van der Waals surface area contributed by atoms with Gasteiger partial charge in [0.1, 0.15) is 0 Å². The average molecular weight is 335 g/mol. The molecular formula is C23H30N2. The van der Waals surface area contributed by atoms with E-state index in [1.165, 1.54) is 49.8 Å². The SMILES string of the molecule is c1ccc(CN2CC[C@@H](NC3CCCC3)[C@@H](c3ccccc3)C2)cc1. The minimum Gasteiger partial charge on any atom is -0.311 e. The molecule has 2 fully saturated rings. The first kappa shape index (κ1) is 16.8. The molecule has 2 aromatic carbocycles. The van der Waals surface area contributed by atoms with E-state index in [1.54, 1.807) is 0 Å². The van der Waals surface area contributed by atoms with Gasteiger partial charge in [0.25, 0.3) is 0 Å². The molecular weight excluding hydrogens is 304 g/mol. The Kier molecular flexibility index (Phi) is 5.49. The number of hydrogen-bond acceptors (Lipinski definition) is 2. The molecule has 1 aliphatic carbocycles. The van der Waals surface area contributed by atoms with Crippen molar-refractivity contribution >= 4 is 0 Å². The summed E-state index contributed by atoms with van der Waals surface area (Å²) >= 11 is 0. The second-order valence-corrected chi connectivity index (χ2v) is 7.78. The predicted octanol–water partition coefficient (Wildman–Crippen LogP) is 4.58. The van der Waals surface area contributed by atoms with E-state index in [9.17, 15) is 0 Å². The van der Waals surface area contributed by atoms with Crippen molar-refractivity contribution in [1.29, 1.82) is 0 Å². The number of benzene rings is 2. The largest absolute Gasteiger partial charge is 0.311 e. The summed E-state index contributed by atoms with van der Waals surface area (Å²) in [6.45, 7) is 3.42.